The highest BCUT2D eigenvalue weighted by Crippen LogP contribution is 2.42. The normalized spacial score (nSPS) is 11.8. The summed E-state index contributed by atoms with van der Waals surface area (Å²) in [6, 6.07) is 57.9. The molecule has 0 saturated carbocycles. The Morgan fingerprint density at radius 1 is 0.319 bits per heavy atom. The van der Waals surface area contributed by atoms with E-state index in [-0.39, 0.29) is 0 Å². The summed E-state index contributed by atoms with van der Waals surface area (Å²) in [6.07, 6.45) is 0. The predicted octanol–water partition coefficient (Wildman–Crippen LogP) is 12.9. The number of rotatable bonds is 4. The van der Waals surface area contributed by atoms with Crippen LogP contribution in [0.1, 0.15) is 0 Å². The fourth-order valence-corrected chi connectivity index (χ4v) is 7.11. The van der Waals surface area contributed by atoms with E-state index in [2.05, 4.69) is 157 Å². The monoisotopic (exact) mass is 601 g/mol. The average Bonchev–Trinajstić information content (AvgIpc) is 3.69. The van der Waals surface area contributed by atoms with Gasteiger partial charge in [-0.25, -0.2) is 0 Å². The first-order valence-corrected chi connectivity index (χ1v) is 15.9. The van der Waals surface area contributed by atoms with Gasteiger partial charge in [-0.15, -0.1) is 0 Å². The molecule has 0 N–H and O–H groups in total. The number of hydrogen-bond acceptors (Lipinski definition) is 3. The van der Waals surface area contributed by atoms with Crippen molar-refractivity contribution in [1.29, 1.82) is 0 Å². The van der Waals surface area contributed by atoms with Gasteiger partial charge in [0, 0.05) is 50.1 Å². The van der Waals surface area contributed by atoms with Gasteiger partial charge in [-0.1, -0.05) is 97.1 Å². The molecule has 0 bridgehead atoms. The summed E-state index contributed by atoms with van der Waals surface area (Å²) < 4.78 is 12.9. The minimum atomic E-state index is 0.865. The van der Waals surface area contributed by atoms with Gasteiger partial charge in [-0.3, -0.25) is 0 Å². The van der Waals surface area contributed by atoms with Gasteiger partial charge in [0.1, 0.15) is 22.3 Å². The molecule has 0 amide bonds. The highest BCUT2D eigenvalue weighted by Gasteiger charge is 2.18. The molecule has 0 aliphatic rings. The molecule has 0 saturated heterocycles. The third-order valence-corrected chi connectivity index (χ3v) is 9.42. The lowest BCUT2D eigenvalue weighted by molar-refractivity contribution is 0.669. The summed E-state index contributed by atoms with van der Waals surface area (Å²) in [5.74, 6) is 0. The average molecular weight is 602 g/mol. The zero-order valence-corrected chi connectivity index (χ0v) is 25.4. The SMILES string of the molecule is c1ccc(-c2ccc(N(c3ccc4cc5c(cc4c3)oc3ccccc35)c3ccc4c(c3)oc3c5ccccc5ccc43)cc2)cc1. The van der Waals surface area contributed by atoms with Crippen molar-refractivity contribution in [2.45, 2.75) is 0 Å². The number of nitrogens with zero attached hydrogens (tertiary/aromatic N) is 1. The van der Waals surface area contributed by atoms with Crippen molar-refractivity contribution in [3.63, 3.8) is 0 Å². The van der Waals surface area contributed by atoms with Crippen LogP contribution in [0.5, 0.6) is 0 Å². The van der Waals surface area contributed by atoms with Gasteiger partial charge >= 0.3 is 0 Å². The van der Waals surface area contributed by atoms with Crippen LogP contribution in [-0.2, 0) is 0 Å². The highest BCUT2D eigenvalue weighted by atomic mass is 16.3. The van der Waals surface area contributed by atoms with Crippen LogP contribution in [0.15, 0.2) is 173 Å². The molecule has 47 heavy (non-hydrogen) atoms. The Labute approximate surface area is 270 Å². The summed E-state index contributed by atoms with van der Waals surface area (Å²) in [5, 5.41) is 9.11. The van der Waals surface area contributed by atoms with E-state index in [9.17, 15) is 0 Å². The Kier molecular flexibility index (Phi) is 5.57. The van der Waals surface area contributed by atoms with Gasteiger partial charge in [0.25, 0.3) is 0 Å². The molecule has 3 nitrogen and oxygen atoms in total. The second-order valence-electron chi connectivity index (χ2n) is 12.2. The summed E-state index contributed by atoms with van der Waals surface area (Å²) in [5.41, 5.74) is 9.12. The Hall–Kier alpha value is -6.32. The zero-order chi connectivity index (χ0) is 30.9. The van der Waals surface area contributed by atoms with Gasteiger partial charge in [0.05, 0.1) is 0 Å². The maximum atomic E-state index is 6.61. The summed E-state index contributed by atoms with van der Waals surface area (Å²) in [4.78, 5) is 2.31. The van der Waals surface area contributed by atoms with E-state index in [4.69, 9.17) is 8.83 Å². The van der Waals surface area contributed by atoms with Crippen molar-refractivity contribution >= 4 is 82.5 Å². The van der Waals surface area contributed by atoms with E-state index < -0.39 is 0 Å². The quantitative estimate of drug-likeness (QED) is 0.201. The standard InChI is InChI=1S/C44H27NO2/c1-2-8-28(9-3-1)29-14-18-33(19-15-29)45(34-20-16-31-25-40-37-12-6-7-13-41(37)46-42(40)26-32(31)24-34)35-21-23-38-39-22-17-30-10-4-5-11-36(30)44(39)47-43(38)27-35/h1-27H. The first-order valence-electron chi connectivity index (χ1n) is 15.9. The van der Waals surface area contributed by atoms with E-state index in [1.54, 1.807) is 0 Å². The maximum Gasteiger partial charge on any atom is 0.143 e. The minimum absolute atomic E-state index is 0.865. The number of para-hydroxylation sites is 1. The van der Waals surface area contributed by atoms with Crippen LogP contribution < -0.4 is 4.90 Å². The molecule has 0 spiro atoms. The molecule has 0 unspecified atom stereocenters. The van der Waals surface area contributed by atoms with E-state index >= 15 is 0 Å². The van der Waals surface area contributed by atoms with E-state index in [1.807, 2.05) is 12.1 Å². The molecule has 8 aromatic carbocycles. The van der Waals surface area contributed by atoms with Crippen molar-refractivity contribution in [3.05, 3.63) is 164 Å². The largest absolute Gasteiger partial charge is 0.456 e. The van der Waals surface area contributed by atoms with Crippen molar-refractivity contribution in [3.8, 4) is 11.1 Å². The molecule has 2 heterocycles. The van der Waals surface area contributed by atoms with Gasteiger partial charge in [-0.05, 0) is 87.9 Å². The van der Waals surface area contributed by atoms with Crippen LogP contribution >= 0.6 is 0 Å². The lowest BCUT2D eigenvalue weighted by Crippen LogP contribution is -2.09. The summed E-state index contributed by atoms with van der Waals surface area (Å²) >= 11 is 0. The topological polar surface area (TPSA) is 29.5 Å². The predicted molar refractivity (Wildman–Crippen MR) is 196 cm³/mol. The molecule has 10 rings (SSSR count). The van der Waals surface area contributed by atoms with Crippen molar-refractivity contribution in [2.24, 2.45) is 0 Å². The number of anilines is 3. The third-order valence-electron chi connectivity index (χ3n) is 9.42. The first kappa shape index (κ1) is 26.0. The Bertz CT molecular complexity index is 2790. The van der Waals surface area contributed by atoms with Gasteiger partial charge in [0.15, 0.2) is 0 Å². The molecule has 0 fully saturated rings. The highest BCUT2D eigenvalue weighted by molar-refractivity contribution is 6.15. The first-order chi connectivity index (χ1) is 23.3. The molecule has 0 aliphatic carbocycles. The van der Waals surface area contributed by atoms with Gasteiger partial charge in [-0.2, -0.15) is 0 Å². The third kappa shape index (κ3) is 4.14. The van der Waals surface area contributed by atoms with Crippen molar-refractivity contribution in [1.82, 2.24) is 0 Å². The van der Waals surface area contributed by atoms with Crippen LogP contribution in [0.25, 0.3) is 76.5 Å². The number of hydrogen-bond donors (Lipinski definition) is 0. The van der Waals surface area contributed by atoms with Crippen LogP contribution in [0.2, 0.25) is 0 Å². The number of furan rings is 2. The van der Waals surface area contributed by atoms with Crippen LogP contribution in [0.4, 0.5) is 17.1 Å². The molecule has 10 aromatic rings. The smallest absolute Gasteiger partial charge is 0.143 e. The summed E-state index contributed by atoms with van der Waals surface area (Å²) in [7, 11) is 0. The van der Waals surface area contributed by atoms with Crippen molar-refractivity contribution < 1.29 is 8.83 Å². The Balaban J connectivity index is 1.16. The maximum absolute atomic E-state index is 6.61. The number of benzene rings is 8. The fourth-order valence-electron chi connectivity index (χ4n) is 7.11. The van der Waals surface area contributed by atoms with Gasteiger partial charge in [0.2, 0.25) is 0 Å². The van der Waals surface area contributed by atoms with E-state index in [0.717, 1.165) is 71.7 Å². The van der Waals surface area contributed by atoms with Crippen LogP contribution in [0.3, 0.4) is 0 Å². The molecular weight excluding hydrogens is 574 g/mol. The molecule has 2 aromatic heterocycles. The molecule has 3 heteroatoms. The Morgan fingerprint density at radius 3 is 1.85 bits per heavy atom. The molecule has 0 radical (unpaired) electrons. The van der Waals surface area contributed by atoms with Crippen LogP contribution in [-0.4, -0.2) is 0 Å². The molecule has 0 aliphatic heterocycles. The zero-order valence-electron chi connectivity index (χ0n) is 25.4. The lowest BCUT2D eigenvalue weighted by Gasteiger charge is -2.26. The second kappa shape index (κ2) is 10.1. The second-order valence-corrected chi connectivity index (χ2v) is 12.2. The van der Waals surface area contributed by atoms with E-state index in [1.165, 1.54) is 21.9 Å². The van der Waals surface area contributed by atoms with Crippen LogP contribution in [0, 0.1) is 0 Å². The van der Waals surface area contributed by atoms with E-state index in [0.29, 0.717) is 0 Å². The lowest BCUT2D eigenvalue weighted by atomic mass is 10.0. The Morgan fingerprint density at radius 2 is 0.957 bits per heavy atom. The number of fused-ring (bicyclic) bond motifs is 9. The molecular formula is C44H27NO2. The van der Waals surface area contributed by atoms with Gasteiger partial charge < -0.3 is 13.7 Å². The minimum Gasteiger partial charge on any atom is -0.456 e. The fraction of sp³-hybridized carbons (Fsp3) is 0. The van der Waals surface area contributed by atoms with Crippen molar-refractivity contribution in [2.75, 3.05) is 4.90 Å². The molecule has 0 atom stereocenters. The summed E-state index contributed by atoms with van der Waals surface area (Å²) in [6.45, 7) is 0. The molecule has 220 valence electrons.